The summed E-state index contributed by atoms with van der Waals surface area (Å²) in [6.07, 6.45) is 4.35. The third-order valence-corrected chi connectivity index (χ3v) is 3.58. The Labute approximate surface area is 95.1 Å². The summed E-state index contributed by atoms with van der Waals surface area (Å²) in [5.41, 5.74) is 2.64. The Balaban J connectivity index is 2.29. The van der Waals surface area contributed by atoms with Gasteiger partial charge in [0.15, 0.2) is 0 Å². The Kier molecular flexibility index (Phi) is 2.24. The maximum Gasteiger partial charge on any atom is 0.127 e. The number of aryl methyl sites for hydroxylation is 1. The van der Waals surface area contributed by atoms with Crippen LogP contribution in [-0.4, -0.2) is 6.29 Å². The molecule has 2 aromatic carbocycles. The van der Waals surface area contributed by atoms with Crippen LogP contribution in [0.25, 0.3) is 10.8 Å². The first-order valence-corrected chi connectivity index (χ1v) is 5.86. The van der Waals surface area contributed by atoms with Crippen LogP contribution < -0.4 is 0 Å². The second-order valence-corrected chi connectivity index (χ2v) is 4.49. The summed E-state index contributed by atoms with van der Waals surface area (Å²) >= 11 is 0. The van der Waals surface area contributed by atoms with Gasteiger partial charge < -0.3 is 4.79 Å². The van der Waals surface area contributed by atoms with Crippen LogP contribution in [0, 0.1) is 0 Å². The zero-order valence-corrected chi connectivity index (χ0v) is 9.15. The van der Waals surface area contributed by atoms with Gasteiger partial charge in [-0.1, -0.05) is 36.4 Å². The van der Waals surface area contributed by atoms with E-state index in [1.54, 1.807) is 0 Å². The predicted octanol–water partition coefficient (Wildman–Crippen LogP) is 3.46. The first-order valence-electron chi connectivity index (χ1n) is 5.86. The fraction of sp³-hybridized carbons (Fsp3) is 0.267. The first kappa shape index (κ1) is 9.59. The molecule has 0 spiro atoms. The van der Waals surface area contributed by atoms with Crippen LogP contribution in [-0.2, 0) is 11.2 Å². The van der Waals surface area contributed by atoms with Crippen molar-refractivity contribution in [3.8, 4) is 0 Å². The molecular formula is C15H14O. The van der Waals surface area contributed by atoms with E-state index in [0.717, 1.165) is 25.5 Å². The van der Waals surface area contributed by atoms with Crippen LogP contribution in [0.2, 0.25) is 0 Å². The van der Waals surface area contributed by atoms with Crippen molar-refractivity contribution in [3.05, 3.63) is 47.5 Å². The lowest BCUT2D eigenvalue weighted by molar-refractivity contribution is -0.109. The molecule has 0 heterocycles. The van der Waals surface area contributed by atoms with Gasteiger partial charge in [0.2, 0.25) is 0 Å². The van der Waals surface area contributed by atoms with E-state index in [0.29, 0.717) is 0 Å². The summed E-state index contributed by atoms with van der Waals surface area (Å²) in [7, 11) is 0. The lowest BCUT2D eigenvalue weighted by Gasteiger charge is -2.22. The van der Waals surface area contributed by atoms with E-state index in [1.807, 2.05) is 0 Å². The van der Waals surface area contributed by atoms with Crippen LogP contribution in [0.15, 0.2) is 36.4 Å². The van der Waals surface area contributed by atoms with Crippen LogP contribution in [0.1, 0.15) is 29.9 Å². The number of hydrogen-bond acceptors (Lipinski definition) is 1. The molecule has 16 heavy (non-hydrogen) atoms. The van der Waals surface area contributed by atoms with E-state index >= 15 is 0 Å². The summed E-state index contributed by atoms with van der Waals surface area (Å²) in [6, 6.07) is 12.7. The van der Waals surface area contributed by atoms with Crippen molar-refractivity contribution >= 4 is 17.1 Å². The zero-order chi connectivity index (χ0) is 11.0. The molecule has 0 saturated heterocycles. The highest BCUT2D eigenvalue weighted by Crippen LogP contribution is 2.34. The summed E-state index contributed by atoms with van der Waals surface area (Å²) in [4.78, 5) is 11.1. The van der Waals surface area contributed by atoms with Crippen molar-refractivity contribution in [2.75, 3.05) is 0 Å². The number of rotatable bonds is 1. The van der Waals surface area contributed by atoms with Gasteiger partial charge in [-0.05, 0) is 41.2 Å². The topological polar surface area (TPSA) is 17.1 Å². The van der Waals surface area contributed by atoms with Crippen molar-refractivity contribution in [1.82, 2.24) is 0 Å². The third kappa shape index (κ3) is 1.35. The molecule has 1 heteroatoms. The average Bonchev–Trinajstić information content (AvgIpc) is 2.37. The highest BCUT2D eigenvalue weighted by Gasteiger charge is 2.20. The maximum absolute atomic E-state index is 11.1. The third-order valence-electron chi connectivity index (χ3n) is 3.58. The van der Waals surface area contributed by atoms with Gasteiger partial charge in [-0.2, -0.15) is 0 Å². The van der Waals surface area contributed by atoms with E-state index in [-0.39, 0.29) is 5.92 Å². The Morgan fingerprint density at radius 1 is 1.12 bits per heavy atom. The molecule has 0 fully saturated rings. The van der Waals surface area contributed by atoms with E-state index in [1.165, 1.54) is 21.9 Å². The normalized spacial score (nSPS) is 19.4. The van der Waals surface area contributed by atoms with Crippen molar-refractivity contribution in [2.45, 2.75) is 25.2 Å². The number of fused-ring (bicyclic) bond motifs is 3. The predicted molar refractivity (Wildman–Crippen MR) is 65.7 cm³/mol. The fourth-order valence-electron chi connectivity index (χ4n) is 2.77. The Morgan fingerprint density at radius 2 is 2.00 bits per heavy atom. The van der Waals surface area contributed by atoms with Crippen molar-refractivity contribution in [3.63, 3.8) is 0 Å². The fourth-order valence-corrected chi connectivity index (χ4v) is 2.77. The molecule has 3 rings (SSSR count). The Bertz CT molecular complexity index is 542. The minimum absolute atomic E-state index is 0.119. The highest BCUT2D eigenvalue weighted by atomic mass is 16.1. The van der Waals surface area contributed by atoms with Gasteiger partial charge in [0.1, 0.15) is 6.29 Å². The molecule has 0 amide bonds. The molecule has 0 aromatic heterocycles. The summed E-state index contributed by atoms with van der Waals surface area (Å²) in [5, 5.41) is 2.61. The minimum Gasteiger partial charge on any atom is -0.303 e. The smallest absolute Gasteiger partial charge is 0.127 e. The summed E-state index contributed by atoms with van der Waals surface area (Å²) in [5.74, 6) is 0.119. The lowest BCUT2D eigenvalue weighted by Crippen LogP contribution is -2.11. The molecule has 80 valence electrons. The average molecular weight is 210 g/mol. The molecule has 1 atom stereocenters. The quantitative estimate of drug-likeness (QED) is 0.659. The summed E-state index contributed by atoms with van der Waals surface area (Å²) < 4.78 is 0. The molecule has 1 nitrogen and oxygen atoms in total. The molecule has 1 aliphatic rings. The van der Waals surface area contributed by atoms with Gasteiger partial charge in [0, 0.05) is 5.92 Å². The number of aldehydes is 1. The SMILES string of the molecule is O=C[C@H]1CCCc2c1ccc1ccccc21. The van der Waals surface area contributed by atoms with E-state index in [9.17, 15) is 4.79 Å². The van der Waals surface area contributed by atoms with Crippen LogP contribution in [0.5, 0.6) is 0 Å². The first-order chi connectivity index (χ1) is 7.90. The van der Waals surface area contributed by atoms with E-state index in [2.05, 4.69) is 36.4 Å². The second-order valence-electron chi connectivity index (χ2n) is 4.49. The van der Waals surface area contributed by atoms with Gasteiger partial charge in [-0.25, -0.2) is 0 Å². The summed E-state index contributed by atoms with van der Waals surface area (Å²) in [6.45, 7) is 0. The van der Waals surface area contributed by atoms with Gasteiger partial charge in [0.05, 0.1) is 0 Å². The molecule has 0 aliphatic heterocycles. The van der Waals surface area contributed by atoms with Gasteiger partial charge in [0.25, 0.3) is 0 Å². The number of benzene rings is 2. The largest absolute Gasteiger partial charge is 0.303 e. The lowest BCUT2D eigenvalue weighted by atomic mass is 9.81. The van der Waals surface area contributed by atoms with E-state index < -0.39 is 0 Å². The molecule has 1 aliphatic carbocycles. The standard InChI is InChI=1S/C15H14O/c16-10-12-5-3-7-15-13-6-2-1-4-11(13)8-9-14(12)15/h1-2,4,6,8-10,12H,3,5,7H2/t12-/m1/s1. The van der Waals surface area contributed by atoms with E-state index in [4.69, 9.17) is 0 Å². The number of hydrogen-bond donors (Lipinski definition) is 0. The van der Waals surface area contributed by atoms with Gasteiger partial charge >= 0.3 is 0 Å². The second kappa shape index (κ2) is 3.75. The molecule has 0 unspecified atom stereocenters. The number of carbonyl (C=O) groups is 1. The zero-order valence-electron chi connectivity index (χ0n) is 9.15. The Morgan fingerprint density at radius 3 is 2.88 bits per heavy atom. The highest BCUT2D eigenvalue weighted by molar-refractivity contribution is 5.88. The molecule has 0 radical (unpaired) electrons. The molecule has 0 bridgehead atoms. The molecule has 2 aromatic rings. The van der Waals surface area contributed by atoms with Crippen molar-refractivity contribution < 1.29 is 4.79 Å². The van der Waals surface area contributed by atoms with Gasteiger partial charge in [-0.15, -0.1) is 0 Å². The maximum atomic E-state index is 11.1. The van der Waals surface area contributed by atoms with Gasteiger partial charge in [-0.3, -0.25) is 0 Å². The van der Waals surface area contributed by atoms with Crippen molar-refractivity contribution in [2.24, 2.45) is 0 Å². The molecule has 0 N–H and O–H groups in total. The monoisotopic (exact) mass is 210 g/mol. The molecule has 0 saturated carbocycles. The van der Waals surface area contributed by atoms with Crippen LogP contribution in [0.4, 0.5) is 0 Å². The molecular weight excluding hydrogens is 196 g/mol. The van der Waals surface area contributed by atoms with Crippen LogP contribution in [0.3, 0.4) is 0 Å². The minimum atomic E-state index is 0.119. The van der Waals surface area contributed by atoms with Crippen molar-refractivity contribution in [1.29, 1.82) is 0 Å². The Hall–Kier alpha value is -1.63. The van der Waals surface area contributed by atoms with Crippen LogP contribution >= 0.6 is 0 Å². The number of carbonyl (C=O) groups excluding carboxylic acids is 1.